The van der Waals surface area contributed by atoms with Gasteiger partial charge in [0.1, 0.15) is 6.26 Å². The van der Waals surface area contributed by atoms with E-state index in [-0.39, 0.29) is 5.91 Å². The number of carbonyl (C=O) groups excluding carboxylic acids is 1. The van der Waals surface area contributed by atoms with E-state index >= 15 is 0 Å². The first-order chi connectivity index (χ1) is 15.9. The van der Waals surface area contributed by atoms with Crippen LogP contribution in [0.3, 0.4) is 0 Å². The second kappa shape index (κ2) is 8.48. The molecular weight excluding hydrogens is 414 g/mol. The molecule has 7 heteroatoms. The number of oxazole rings is 1. The third-order valence-electron chi connectivity index (χ3n) is 6.19. The van der Waals surface area contributed by atoms with Crippen LogP contribution >= 0.6 is 0 Å². The number of carbonyl (C=O) groups is 1. The summed E-state index contributed by atoms with van der Waals surface area (Å²) in [6.07, 6.45) is 1.43. The van der Waals surface area contributed by atoms with Gasteiger partial charge in [-0.3, -0.25) is 9.78 Å². The molecule has 5 rings (SSSR count). The Kier molecular flexibility index (Phi) is 5.50. The zero-order chi connectivity index (χ0) is 23.1. The number of fused-ring (bicyclic) bond motifs is 1. The van der Waals surface area contributed by atoms with E-state index in [1.807, 2.05) is 19.9 Å². The van der Waals surface area contributed by atoms with Crippen molar-refractivity contribution < 1.29 is 9.21 Å². The molecule has 1 amide bonds. The summed E-state index contributed by atoms with van der Waals surface area (Å²) < 4.78 is 5.69. The van der Waals surface area contributed by atoms with Crippen LogP contribution in [-0.4, -0.2) is 40.5 Å². The van der Waals surface area contributed by atoms with E-state index in [0.29, 0.717) is 30.0 Å². The van der Waals surface area contributed by atoms with Crippen molar-refractivity contribution in [3.63, 3.8) is 0 Å². The van der Waals surface area contributed by atoms with Gasteiger partial charge in [0.25, 0.3) is 5.91 Å². The van der Waals surface area contributed by atoms with E-state index in [1.54, 1.807) is 0 Å². The van der Waals surface area contributed by atoms with Crippen LogP contribution in [-0.2, 0) is 0 Å². The fourth-order valence-electron chi connectivity index (χ4n) is 4.48. The molecule has 0 radical (unpaired) electrons. The number of aryl methyl sites for hydroxylation is 2. The van der Waals surface area contributed by atoms with E-state index in [2.05, 4.69) is 63.7 Å². The van der Waals surface area contributed by atoms with E-state index in [9.17, 15) is 4.79 Å². The first-order valence-corrected chi connectivity index (χ1v) is 11.4. The maximum Gasteiger partial charge on any atom is 0.273 e. The normalized spacial score (nSPS) is 14.1. The minimum absolute atomic E-state index is 0.201. The molecule has 1 aliphatic rings. The molecule has 3 N–H and O–H groups in total. The summed E-state index contributed by atoms with van der Waals surface area (Å²) in [6, 6.07) is 10.4. The third kappa shape index (κ3) is 4.16. The zero-order valence-electron chi connectivity index (χ0n) is 19.5. The minimum Gasteiger partial charge on any atom is -0.444 e. The molecule has 33 heavy (non-hydrogen) atoms. The van der Waals surface area contributed by atoms with Gasteiger partial charge in [-0.05, 0) is 55.7 Å². The Morgan fingerprint density at radius 2 is 1.88 bits per heavy atom. The fraction of sp³-hybridized carbons (Fsp3) is 0.346. The lowest BCUT2D eigenvalue weighted by molar-refractivity contribution is 0.0937. The van der Waals surface area contributed by atoms with Gasteiger partial charge in [-0.15, -0.1) is 0 Å². The van der Waals surface area contributed by atoms with Crippen molar-refractivity contribution in [1.82, 2.24) is 25.6 Å². The monoisotopic (exact) mass is 443 g/mol. The first kappa shape index (κ1) is 21.4. The molecule has 0 atom stereocenters. The van der Waals surface area contributed by atoms with Gasteiger partial charge in [0.15, 0.2) is 5.69 Å². The van der Waals surface area contributed by atoms with Gasteiger partial charge < -0.3 is 20.0 Å². The van der Waals surface area contributed by atoms with Gasteiger partial charge in [-0.1, -0.05) is 13.8 Å². The Balaban J connectivity index is 1.49. The Hall–Kier alpha value is -3.45. The number of hydrogen-bond donors (Lipinski definition) is 3. The predicted octanol–water partition coefficient (Wildman–Crippen LogP) is 4.57. The molecule has 1 aliphatic heterocycles. The molecule has 0 saturated carbocycles. The highest BCUT2D eigenvalue weighted by Crippen LogP contribution is 2.37. The van der Waals surface area contributed by atoms with Crippen LogP contribution in [0.5, 0.6) is 0 Å². The summed E-state index contributed by atoms with van der Waals surface area (Å²) in [6.45, 7) is 11.0. The van der Waals surface area contributed by atoms with E-state index in [1.165, 1.54) is 11.8 Å². The summed E-state index contributed by atoms with van der Waals surface area (Å²) in [5.41, 5.74) is 7.70. The van der Waals surface area contributed by atoms with Crippen molar-refractivity contribution in [3.8, 4) is 22.7 Å². The number of amides is 1. The Morgan fingerprint density at radius 3 is 2.55 bits per heavy atom. The van der Waals surface area contributed by atoms with Crippen molar-refractivity contribution in [2.24, 2.45) is 5.92 Å². The van der Waals surface area contributed by atoms with Crippen LogP contribution in [0.2, 0.25) is 0 Å². The molecule has 0 bridgehead atoms. The molecule has 1 fully saturated rings. The van der Waals surface area contributed by atoms with E-state index in [0.717, 1.165) is 52.2 Å². The molecule has 0 spiro atoms. The lowest BCUT2D eigenvalue weighted by atomic mass is 9.95. The largest absolute Gasteiger partial charge is 0.444 e. The molecule has 4 heterocycles. The lowest BCUT2D eigenvalue weighted by Crippen LogP contribution is -2.48. The van der Waals surface area contributed by atoms with Gasteiger partial charge in [0, 0.05) is 59.0 Å². The number of nitrogens with one attached hydrogen (secondary N) is 3. The van der Waals surface area contributed by atoms with Crippen LogP contribution in [0.15, 0.2) is 41.0 Å². The first-order valence-electron chi connectivity index (χ1n) is 11.4. The highest BCUT2D eigenvalue weighted by Gasteiger charge is 2.21. The third-order valence-corrected chi connectivity index (χ3v) is 6.19. The van der Waals surface area contributed by atoms with Crippen molar-refractivity contribution in [2.45, 2.75) is 33.6 Å². The molecule has 170 valence electrons. The second-order valence-electron chi connectivity index (χ2n) is 9.24. The summed E-state index contributed by atoms with van der Waals surface area (Å²) >= 11 is 0. The number of pyridine rings is 1. The smallest absolute Gasteiger partial charge is 0.273 e. The van der Waals surface area contributed by atoms with Gasteiger partial charge in [-0.2, -0.15) is 0 Å². The van der Waals surface area contributed by atoms with Crippen molar-refractivity contribution in [1.29, 1.82) is 0 Å². The Morgan fingerprint density at radius 1 is 1.12 bits per heavy atom. The number of aromatic amines is 1. The van der Waals surface area contributed by atoms with Crippen LogP contribution in [0.25, 0.3) is 33.6 Å². The highest BCUT2D eigenvalue weighted by molar-refractivity contribution is 5.95. The molecule has 1 aromatic carbocycles. The molecular formula is C26H29N5O2. The second-order valence-corrected chi connectivity index (χ2v) is 9.24. The van der Waals surface area contributed by atoms with Gasteiger partial charge in [0.2, 0.25) is 5.89 Å². The maximum absolute atomic E-state index is 12.4. The molecule has 4 aromatic rings. The molecule has 0 unspecified atom stereocenters. The van der Waals surface area contributed by atoms with Crippen LogP contribution in [0.4, 0.5) is 0 Å². The van der Waals surface area contributed by atoms with Gasteiger partial charge in [-0.25, -0.2) is 4.98 Å². The average molecular weight is 444 g/mol. The fourth-order valence-corrected chi connectivity index (χ4v) is 4.48. The van der Waals surface area contributed by atoms with Crippen LogP contribution in [0.1, 0.15) is 47.2 Å². The highest BCUT2D eigenvalue weighted by atomic mass is 16.3. The van der Waals surface area contributed by atoms with Crippen LogP contribution < -0.4 is 10.6 Å². The van der Waals surface area contributed by atoms with Crippen molar-refractivity contribution in [2.75, 3.05) is 19.6 Å². The lowest BCUT2D eigenvalue weighted by Gasteiger charge is -2.26. The number of benzene rings is 1. The van der Waals surface area contributed by atoms with Crippen LogP contribution in [0, 0.1) is 19.8 Å². The number of aromatic nitrogens is 3. The number of rotatable bonds is 6. The summed E-state index contributed by atoms with van der Waals surface area (Å²) in [7, 11) is 0. The molecule has 0 aliphatic carbocycles. The molecule has 7 nitrogen and oxygen atoms in total. The SMILES string of the molecule is Cc1cc(-c2[nH]c3ccc(-c4nc(C(=O)NCC5CNC5)co4)cc3c2C(C)C)cc(C)n1. The van der Waals surface area contributed by atoms with Crippen molar-refractivity contribution in [3.05, 3.63) is 59.2 Å². The number of H-pyrrole nitrogens is 1. The van der Waals surface area contributed by atoms with E-state index in [4.69, 9.17) is 4.42 Å². The zero-order valence-corrected chi connectivity index (χ0v) is 19.5. The summed E-state index contributed by atoms with van der Waals surface area (Å²) in [5, 5.41) is 7.27. The Bertz CT molecular complexity index is 1310. The molecule has 1 saturated heterocycles. The standard InChI is InChI=1S/C26H29N5O2/c1-14(2)23-20-9-18(26-31-22(13-33-26)25(32)28-12-17-10-27-11-17)5-6-21(20)30-24(23)19-7-15(3)29-16(4)8-19/h5-9,13-14,17,27,30H,10-12H2,1-4H3,(H,28,32). The summed E-state index contributed by atoms with van der Waals surface area (Å²) in [5.74, 6) is 1.05. The van der Waals surface area contributed by atoms with Crippen molar-refractivity contribution >= 4 is 16.8 Å². The van der Waals surface area contributed by atoms with Gasteiger partial charge >= 0.3 is 0 Å². The number of hydrogen-bond acceptors (Lipinski definition) is 5. The predicted molar refractivity (Wildman–Crippen MR) is 129 cm³/mol. The topological polar surface area (TPSA) is 95.8 Å². The number of nitrogens with zero attached hydrogens (tertiary/aromatic N) is 2. The van der Waals surface area contributed by atoms with E-state index < -0.39 is 0 Å². The quantitative estimate of drug-likeness (QED) is 0.406. The minimum atomic E-state index is -0.201. The average Bonchev–Trinajstić information content (AvgIpc) is 3.36. The van der Waals surface area contributed by atoms with Gasteiger partial charge in [0.05, 0.1) is 5.69 Å². The molecule has 3 aromatic heterocycles. The Labute approximate surface area is 193 Å². The maximum atomic E-state index is 12.4. The summed E-state index contributed by atoms with van der Waals surface area (Å²) in [4.78, 5) is 25.0.